The van der Waals surface area contributed by atoms with Gasteiger partial charge in [-0.25, -0.2) is 4.39 Å². The fourth-order valence-corrected chi connectivity index (χ4v) is 4.53. The first-order valence-corrected chi connectivity index (χ1v) is 11.2. The third kappa shape index (κ3) is 4.50. The van der Waals surface area contributed by atoms with Gasteiger partial charge in [0.2, 0.25) is 0 Å². The van der Waals surface area contributed by atoms with Crippen LogP contribution in [-0.2, 0) is 6.54 Å². The molecule has 0 radical (unpaired) electrons. The van der Waals surface area contributed by atoms with Gasteiger partial charge in [-0.3, -0.25) is 4.79 Å². The van der Waals surface area contributed by atoms with Crippen molar-refractivity contribution in [3.05, 3.63) is 84.1 Å². The number of fused-ring (bicyclic) bond motifs is 1. The van der Waals surface area contributed by atoms with E-state index in [1.165, 1.54) is 6.07 Å². The monoisotopic (exact) mass is 443 g/mol. The molecule has 1 N–H and O–H groups in total. The highest BCUT2D eigenvalue weighted by Gasteiger charge is 2.29. The summed E-state index contributed by atoms with van der Waals surface area (Å²) >= 11 is 0. The highest BCUT2D eigenvalue weighted by molar-refractivity contribution is 5.92. The van der Waals surface area contributed by atoms with Gasteiger partial charge in [-0.1, -0.05) is 12.1 Å². The molecule has 0 aliphatic carbocycles. The van der Waals surface area contributed by atoms with Crippen LogP contribution >= 0.6 is 0 Å². The standard InChI is InChI=1S/C26H26FN5O/c1-31-13-9-22(10-14-31)32(26(33)25-3-2-11-29-30-25)17-21-16-18(4-6-23(21)27)19-5-7-24-20(15-19)8-12-28-24/h2-8,11-12,15-16,22,28H,9-10,13-14,17H2,1H3. The Morgan fingerprint density at radius 1 is 1.12 bits per heavy atom. The van der Waals surface area contributed by atoms with Crippen LogP contribution in [0.15, 0.2) is 67.0 Å². The van der Waals surface area contributed by atoms with E-state index in [1.54, 1.807) is 29.3 Å². The van der Waals surface area contributed by atoms with Gasteiger partial charge >= 0.3 is 0 Å². The highest BCUT2D eigenvalue weighted by Crippen LogP contribution is 2.28. The number of aromatic nitrogens is 3. The molecule has 0 atom stereocenters. The molecule has 33 heavy (non-hydrogen) atoms. The molecule has 1 saturated heterocycles. The largest absolute Gasteiger partial charge is 0.361 e. The first kappa shape index (κ1) is 21.3. The van der Waals surface area contributed by atoms with Crippen LogP contribution in [0.2, 0.25) is 0 Å². The van der Waals surface area contributed by atoms with Crippen molar-refractivity contribution in [1.29, 1.82) is 0 Å². The molecule has 7 heteroatoms. The van der Waals surface area contributed by atoms with Gasteiger partial charge in [0.05, 0.1) is 0 Å². The molecule has 168 valence electrons. The zero-order chi connectivity index (χ0) is 22.8. The number of piperidine rings is 1. The molecule has 1 fully saturated rings. The number of hydrogen-bond acceptors (Lipinski definition) is 4. The predicted octanol–water partition coefficient (Wildman–Crippen LogP) is 4.50. The minimum absolute atomic E-state index is 0.0231. The summed E-state index contributed by atoms with van der Waals surface area (Å²) in [7, 11) is 2.08. The Bertz CT molecular complexity index is 1260. The van der Waals surface area contributed by atoms with Crippen molar-refractivity contribution >= 4 is 16.8 Å². The van der Waals surface area contributed by atoms with Crippen LogP contribution in [0.5, 0.6) is 0 Å². The van der Waals surface area contributed by atoms with Crippen LogP contribution in [0.4, 0.5) is 4.39 Å². The average Bonchev–Trinajstić information content (AvgIpc) is 3.32. The van der Waals surface area contributed by atoms with E-state index in [1.807, 2.05) is 30.5 Å². The van der Waals surface area contributed by atoms with Gasteiger partial charge in [0.25, 0.3) is 5.91 Å². The van der Waals surface area contributed by atoms with Gasteiger partial charge in [-0.2, -0.15) is 5.10 Å². The second-order valence-corrected chi connectivity index (χ2v) is 8.66. The maximum absolute atomic E-state index is 15.0. The Morgan fingerprint density at radius 3 is 2.70 bits per heavy atom. The number of nitrogens with zero attached hydrogens (tertiary/aromatic N) is 4. The van der Waals surface area contributed by atoms with Crippen molar-refractivity contribution in [2.24, 2.45) is 0 Å². The Kier molecular flexibility index (Phi) is 5.88. The van der Waals surface area contributed by atoms with E-state index >= 15 is 0 Å². The molecule has 5 rings (SSSR count). The summed E-state index contributed by atoms with van der Waals surface area (Å²) in [5.41, 5.74) is 3.77. The fourth-order valence-electron chi connectivity index (χ4n) is 4.53. The lowest BCUT2D eigenvalue weighted by molar-refractivity contribution is 0.0560. The molecule has 0 unspecified atom stereocenters. The van der Waals surface area contributed by atoms with Crippen molar-refractivity contribution in [3.8, 4) is 11.1 Å². The highest BCUT2D eigenvalue weighted by atomic mass is 19.1. The van der Waals surface area contributed by atoms with E-state index in [9.17, 15) is 9.18 Å². The number of nitrogens with one attached hydrogen (secondary N) is 1. The van der Waals surface area contributed by atoms with E-state index in [-0.39, 0.29) is 30.0 Å². The molecule has 3 heterocycles. The van der Waals surface area contributed by atoms with Crippen LogP contribution < -0.4 is 0 Å². The Labute approximate surface area is 192 Å². The Morgan fingerprint density at radius 2 is 1.91 bits per heavy atom. The van der Waals surface area contributed by atoms with Crippen molar-refractivity contribution in [2.45, 2.75) is 25.4 Å². The number of carbonyl (C=O) groups excluding carboxylic acids is 1. The van der Waals surface area contributed by atoms with Crippen LogP contribution in [-0.4, -0.2) is 57.1 Å². The normalized spacial score (nSPS) is 15.1. The SMILES string of the molecule is CN1CCC(N(Cc2cc(-c3ccc4[nH]ccc4c3)ccc2F)C(=O)c2cccnn2)CC1. The number of halogens is 1. The number of likely N-dealkylation sites (tertiary alicyclic amines) is 1. The molecule has 2 aromatic heterocycles. The Hall–Kier alpha value is -3.58. The molecule has 0 bridgehead atoms. The fraction of sp³-hybridized carbons (Fsp3) is 0.269. The molecule has 0 saturated carbocycles. The van der Waals surface area contributed by atoms with Gasteiger partial charge < -0.3 is 14.8 Å². The van der Waals surface area contributed by atoms with E-state index in [2.05, 4.69) is 33.2 Å². The summed E-state index contributed by atoms with van der Waals surface area (Å²) < 4.78 is 15.0. The minimum atomic E-state index is -0.314. The Balaban J connectivity index is 1.47. The van der Waals surface area contributed by atoms with Crippen molar-refractivity contribution in [3.63, 3.8) is 0 Å². The zero-order valence-electron chi connectivity index (χ0n) is 18.5. The molecule has 2 aromatic carbocycles. The van der Waals surface area contributed by atoms with Crippen molar-refractivity contribution in [1.82, 2.24) is 25.0 Å². The second-order valence-electron chi connectivity index (χ2n) is 8.66. The maximum atomic E-state index is 15.0. The first-order valence-electron chi connectivity index (χ1n) is 11.2. The summed E-state index contributed by atoms with van der Waals surface area (Å²) in [5.74, 6) is -0.525. The number of aromatic amines is 1. The van der Waals surface area contributed by atoms with Crippen molar-refractivity contribution in [2.75, 3.05) is 20.1 Å². The van der Waals surface area contributed by atoms with Crippen LogP contribution in [0.25, 0.3) is 22.0 Å². The number of amides is 1. The number of rotatable bonds is 5. The molecule has 1 aliphatic heterocycles. The molecule has 6 nitrogen and oxygen atoms in total. The molecular formula is C26H26FN5O. The van der Waals surface area contributed by atoms with Crippen LogP contribution in [0.1, 0.15) is 28.9 Å². The van der Waals surface area contributed by atoms with E-state index in [4.69, 9.17) is 0 Å². The topological polar surface area (TPSA) is 65.1 Å². The van der Waals surface area contributed by atoms with Gasteiger partial charge in [-0.05, 0) is 92.0 Å². The molecule has 1 aliphatic rings. The zero-order valence-corrected chi connectivity index (χ0v) is 18.5. The minimum Gasteiger partial charge on any atom is -0.361 e. The number of benzene rings is 2. The van der Waals surface area contributed by atoms with Crippen molar-refractivity contribution < 1.29 is 9.18 Å². The average molecular weight is 444 g/mol. The summed E-state index contributed by atoms with van der Waals surface area (Å²) in [5, 5.41) is 8.98. The summed E-state index contributed by atoms with van der Waals surface area (Å²) in [6, 6.07) is 16.7. The van der Waals surface area contributed by atoms with Gasteiger partial charge in [0.15, 0.2) is 5.69 Å². The number of hydrogen-bond donors (Lipinski definition) is 1. The lowest BCUT2D eigenvalue weighted by Crippen LogP contribution is -2.46. The van der Waals surface area contributed by atoms with Gasteiger partial charge in [0.1, 0.15) is 5.82 Å². The van der Waals surface area contributed by atoms with E-state index < -0.39 is 0 Å². The van der Waals surface area contributed by atoms with Gasteiger partial charge in [-0.15, -0.1) is 5.10 Å². The summed E-state index contributed by atoms with van der Waals surface area (Å²) in [4.78, 5) is 20.6. The molecule has 4 aromatic rings. The summed E-state index contributed by atoms with van der Waals surface area (Å²) in [6.07, 6.45) is 5.13. The molecule has 1 amide bonds. The molecular weight excluding hydrogens is 417 g/mol. The predicted molar refractivity (Wildman–Crippen MR) is 126 cm³/mol. The maximum Gasteiger partial charge on any atom is 0.274 e. The lowest BCUT2D eigenvalue weighted by Gasteiger charge is -2.37. The molecule has 0 spiro atoms. The lowest BCUT2D eigenvalue weighted by atomic mass is 9.99. The first-order chi connectivity index (χ1) is 16.1. The van der Waals surface area contributed by atoms with Crippen LogP contribution in [0.3, 0.4) is 0 Å². The quantitative estimate of drug-likeness (QED) is 0.493. The van der Waals surface area contributed by atoms with Gasteiger partial charge in [0, 0.05) is 36.1 Å². The smallest absolute Gasteiger partial charge is 0.274 e. The summed E-state index contributed by atoms with van der Waals surface area (Å²) in [6.45, 7) is 1.98. The second kappa shape index (κ2) is 9.11. The number of H-pyrrole nitrogens is 1. The van der Waals surface area contributed by atoms with E-state index in [0.29, 0.717) is 5.56 Å². The third-order valence-corrected chi connectivity index (χ3v) is 6.45. The van der Waals surface area contributed by atoms with Crippen LogP contribution in [0, 0.1) is 5.82 Å². The number of carbonyl (C=O) groups is 1. The third-order valence-electron chi connectivity index (χ3n) is 6.45. The van der Waals surface area contributed by atoms with E-state index in [0.717, 1.165) is 48.0 Å².